The van der Waals surface area contributed by atoms with E-state index in [1.807, 2.05) is 13.0 Å². The van der Waals surface area contributed by atoms with Crippen LogP contribution >= 0.6 is 0 Å². The first-order chi connectivity index (χ1) is 6.46. The largest absolute Gasteiger partial charge is 0.271 e. The highest BCUT2D eigenvalue weighted by Crippen LogP contribution is 2.32. The zero-order chi connectivity index (χ0) is 10.8. The highest BCUT2D eigenvalue weighted by Gasteiger charge is 2.26. The summed E-state index contributed by atoms with van der Waals surface area (Å²) in [6.45, 7) is 8.48. The van der Waals surface area contributed by atoms with Gasteiger partial charge in [0.15, 0.2) is 0 Å². The molecule has 0 aliphatic rings. The molecule has 0 aliphatic carbocycles. The molecule has 78 valence electrons. The van der Waals surface area contributed by atoms with Crippen LogP contribution in [0, 0.1) is 12.3 Å². The van der Waals surface area contributed by atoms with Crippen molar-refractivity contribution in [1.82, 2.24) is 10.4 Å². The molecule has 3 nitrogen and oxygen atoms in total. The Bertz CT molecular complexity index is 302. The minimum absolute atomic E-state index is 0.0859. The number of pyridine rings is 1. The van der Waals surface area contributed by atoms with Crippen molar-refractivity contribution in [1.29, 1.82) is 0 Å². The predicted molar refractivity (Wildman–Crippen MR) is 58.5 cm³/mol. The number of aryl methyl sites for hydroxylation is 1. The van der Waals surface area contributed by atoms with E-state index in [2.05, 4.69) is 37.2 Å². The maximum Gasteiger partial charge on any atom is 0.0526 e. The maximum atomic E-state index is 5.58. The van der Waals surface area contributed by atoms with E-state index in [9.17, 15) is 0 Å². The minimum atomic E-state index is 0.0859. The molecule has 0 amide bonds. The second-order valence-electron chi connectivity index (χ2n) is 4.64. The molecule has 1 aromatic rings. The molecular formula is C11H19N3. The summed E-state index contributed by atoms with van der Waals surface area (Å²) < 4.78 is 0. The number of nitrogens with two attached hydrogens (primary N) is 1. The highest BCUT2D eigenvalue weighted by molar-refractivity contribution is 5.23. The van der Waals surface area contributed by atoms with Gasteiger partial charge in [-0.15, -0.1) is 0 Å². The molecule has 14 heavy (non-hydrogen) atoms. The summed E-state index contributed by atoms with van der Waals surface area (Å²) in [5.41, 5.74) is 5.15. The summed E-state index contributed by atoms with van der Waals surface area (Å²) in [6.07, 6.45) is 1.80. The number of hydrogen-bond acceptors (Lipinski definition) is 3. The number of hydrazine groups is 1. The molecule has 0 saturated carbocycles. The molecule has 0 aliphatic heterocycles. The predicted octanol–water partition coefficient (Wildman–Crippen LogP) is 1.94. The van der Waals surface area contributed by atoms with Crippen molar-refractivity contribution in [2.45, 2.75) is 33.7 Å². The third-order valence-electron chi connectivity index (χ3n) is 2.39. The van der Waals surface area contributed by atoms with E-state index in [0.717, 1.165) is 5.69 Å². The lowest BCUT2D eigenvalue weighted by molar-refractivity contribution is 0.274. The molecule has 1 atom stereocenters. The van der Waals surface area contributed by atoms with Crippen LogP contribution in [0.2, 0.25) is 0 Å². The molecule has 0 fully saturated rings. The number of aromatic nitrogens is 1. The molecule has 0 spiro atoms. The van der Waals surface area contributed by atoms with Crippen LogP contribution in [0.5, 0.6) is 0 Å². The highest BCUT2D eigenvalue weighted by atomic mass is 15.2. The fourth-order valence-corrected chi connectivity index (χ4v) is 1.61. The summed E-state index contributed by atoms with van der Waals surface area (Å²) in [5.74, 6) is 5.58. The Morgan fingerprint density at radius 1 is 1.43 bits per heavy atom. The quantitative estimate of drug-likeness (QED) is 0.557. The van der Waals surface area contributed by atoms with E-state index in [1.54, 1.807) is 6.20 Å². The molecular weight excluding hydrogens is 174 g/mol. The lowest BCUT2D eigenvalue weighted by atomic mass is 9.82. The SMILES string of the molecule is Cc1ncccc1C(NN)C(C)(C)C. The Balaban J connectivity index is 3.08. The molecule has 3 N–H and O–H groups in total. The zero-order valence-electron chi connectivity index (χ0n) is 9.33. The van der Waals surface area contributed by atoms with Gasteiger partial charge in [-0.05, 0) is 24.0 Å². The van der Waals surface area contributed by atoms with Gasteiger partial charge < -0.3 is 0 Å². The van der Waals surface area contributed by atoms with Crippen molar-refractivity contribution >= 4 is 0 Å². The molecule has 1 heterocycles. The third-order valence-corrected chi connectivity index (χ3v) is 2.39. The van der Waals surface area contributed by atoms with E-state index in [-0.39, 0.29) is 11.5 Å². The topological polar surface area (TPSA) is 50.9 Å². The van der Waals surface area contributed by atoms with Crippen molar-refractivity contribution in [3.63, 3.8) is 0 Å². The normalized spacial score (nSPS) is 14.1. The number of hydrogen-bond donors (Lipinski definition) is 2. The van der Waals surface area contributed by atoms with E-state index in [1.165, 1.54) is 5.56 Å². The minimum Gasteiger partial charge on any atom is -0.271 e. The van der Waals surface area contributed by atoms with Gasteiger partial charge in [0.25, 0.3) is 0 Å². The van der Waals surface area contributed by atoms with Gasteiger partial charge in [0.1, 0.15) is 0 Å². The summed E-state index contributed by atoms with van der Waals surface area (Å²) in [5, 5.41) is 0. The average molecular weight is 193 g/mol. The Labute approximate surface area is 85.7 Å². The van der Waals surface area contributed by atoms with Gasteiger partial charge in [0.05, 0.1) is 6.04 Å². The molecule has 0 saturated heterocycles. The lowest BCUT2D eigenvalue weighted by Gasteiger charge is -2.31. The van der Waals surface area contributed by atoms with Crippen LogP contribution in [0.25, 0.3) is 0 Å². The van der Waals surface area contributed by atoms with Gasteiger partial charge in [-0.2, -0.15) is 0 Å². The average Bonchev–Trinajstić information content (AvgIpc) is 2.07. The van der Waals surface area contributed by atoms with E-state index >= 15 is 0 Å². The Kier molecular flexibility index (Phi) is 3.24. The van der Waals surface area contributed by atoms with Crippen LogP contribution in [0.3, 0.4) is 0 Å². The molecule has 1 aromatic heterocycles. The lowest BCUT2D eigenvalue weighted by Crippen LogP contribution is -2.37. The second kappa shape index (κ2) is 4.07. The summed E-state index contributed by atoms with van der Waals surface area (Å²) >= 11 is 0. The summed E-state index contributed by atoms with van der Waals surface area (Å²) in [4.78, 5) is 4.27. The van der Waals surface area contributed by atoms with Crippen molar-refractivity contribution in [2.24, 2.45) is 11.3 Å². The fourth-order valence-electron chi connectivity index (χ4n) is 1.61. The van der Waals surface area contributed by atoms with Crippen molar-refractivity contribution in [2.75, 3.05) is 0 Å². The molecule has 0 aromatic carbocycles. The Morgan fingerprint density at radius 2 is 2.07 bits per heavy atom. The summed E-state index contributed by atoms with van der Waals surface area (Å²) in [6, 6.07) is 4.15. The first-order valence-corrected chi connectivity index (χ1v) is 4.84. The van der Waals surface area contributed by atoms with Crippen LogP contribution in [-0.2, 0) is 0 Å². The number of rotatable bonds is 2. The van der Waals surface area contributed by atoms with Crippen molar-refractivity contribution in [3.05, 3.63) is 29.6 Å². The van der Waals surface area contributed by atoms with Gasteiger partial charge in [-0.25, -0.2) is 0 Å². The fraction of sp³-hybridized carbons (Fsp3) is 0.545. The van der Waals surface area contributed by atoms with Gasteiger partial charge in [-0.3, -0.25) is 16.3 Å². The first kappa shape index (κ1) is 11.1. The maximum absolute atomic E-state index is 5.58. The second-order valence-corrected chi connectivity index (χ2v) is 4.64. The van der Waals surface area contributed by atoms with Gasteiger partial charge in [0, 0.05) is 11.9 Å². The third kappa shape index (κ3) is 2.30. The number of nitrogens with one attached hydrogen (secondary N) is 1. The van der Waals surface area contributed by atoms with Crippen molar-refractivity contribution < 1.29 is 0 Å². The standard InChI is InChI=1S/C11H19N3/c1-8-9(6-5-7-13-8)10(14-12)11(2,3)4/h5-7,10,14H,12H2,1-4H3. The van der Waals surface area contributed by atoms with Crippen LogP contribution in [0.1, 0.15) is 38.1 Å². The van der Waals surface area contributed by atoms with Gasteiger partial charge >= 0.3 is 0 Å². The molecule has 0 bridgehead atoms. The Hall–Kier alpha value is -0.930. The zero-order valence-corrected chi connectivity index (χ0v) is 9.33. The Morgan fingerprint density at radius 3 is 2.50 bits per heavy atom. The first-order valence-electron chi connectivity index (χ1n) is 4.84. The molecule has 3 heteroatoms. The summed E-state index contributed by atoms with van der Waals surface area (Å²) in [7, 11) is 0. The van der Waals surface area contributed by atoms with Crippen LogP contribution in [-0.4, -0.2) is 4.98 Å². The molecule has 1 unspecified atom stereocenters. The van der Waals surface area contributed by atoms with E-state index in [4.69, 9.17) is 5.84 Å². The van der Waals surface area contributed by atoms with E-state index in [0.29, 0.717) is 0 Å². The van der Waals surface area contributed by atoms with Crippen LogP contribution in [0.4, 0.5) is 0 Å². The van der Waals surface area contributed by atoms with Crippen LogP contribution in [0.15, 0.2) is 18.3 Å². The van der Waals surface area contributed by atoms with Gasteiger partial charge in [-0.1, -0.05) is 26.8 Å². The molecule has 0 radical (unpaired) electrons. The number of nitrogens with zero attached hydrogens (tertiary/aromatic N) is 1. The van der Waals surface area contributed by atoms with Gasteiger partial charge in [0.2, 0.25) is 0 Å². The monoisotopic (exact) mass is 193 g/mol. The van der Waals surface area contributed by atoms with Crippen LogP contribution < -0.4 is 11.3 Å². The molecule has 1 rings (SSSR count). The van der Waals surface area contributed by atoms with E-state index < -0.39 is 0 Å². The van der Waals surface area contributed by atoms with Crippen molar-refractivity contribution in [3.8, 4) is 0 Å². The smallest absolute Gasteiger partial charge is 0.0526 e.